The van der Waals surface area contributed by atoms with E-state index in [-0.39, 0.29) is 11.8 Å². The molecule has 1 atom stereocenters. The number of aryl methyl sites for hydroxylation is 1. The normalized spacial score (nSPS) is 17.7. The third-order valence-electron chi connectivity index (χ3n) is 4.34. The van der Waals surface area contributed by atoms with Gasteiger partial charge in [0.2, 0.25) is 11.8 Å². The Bertz CT molecular complexity index is 838. The van der Waals surface area contributed by atoms with Gasteiger partial charge in [0.1, 0.15) is 0 Å². The van der Waals surface area contributed by atoms with Crippen LogP contribution in [0.2, 0.25) is 0 Å². The monoisotopic (exact) mass is 274 g/mol. The van der Waals surface area contributed by atoms with Crippen LogP contribution in [0, 0.1) is 0 Å². The molecule has 0 saturated heterocycles. The zero-order valence-electron chi connectivity index (χ0n) is 11.7. The molecule has 0 radical (unpaired) electrons. The summed E-state index contributed by atoms with van der Waals surface area (Å²) in [6.45, 7) is 0. The van der Waals surface area contributed by atoms with Crippen LogP contribution in [0.4, 0.5) is 0 Å². The van der Waals surface area contributed by atoms with E-state index in [2.05, 4.69) is 35.0 Å². The van der Waals surface area contributed by atoms with Gasteiger partial charge in [-0.05, 0) is 23.4 Å². The minimum Gasteiger partial charge on any atom is -0.287 e. The van der Waals surface area contributed by atoms with E-state index >= 15 is 0 Å². The van der Waals surface area contributed by atoms with Crippen LogP contribution in [0.25, 0.3) is 10.8 Å². The van der Waals surface area contributed by atoms with Crippen LogP contribution in [0.3, 0.4) is 0 Å². The molecule has 0 amide bonds. The number of aromatic nitrogens is 1. The molecule has 3 aromatic rings. The van der Waals surface area contributed by atoms with Crippen molar-refractivity contribution < 1.29 is 9.36 Å². The van der Waals surface area contributed by atoms with Crippen LogP contribution in [0.1, 0.15) is 28.4 Å². The molecule has 2 heteroatoms. The number of hydrogen-bond acceptors (Lipinski definition) is 1. The zero-order chi connectivity index (χ0) is 14.2. The van der Waals surface area contributed by atoms with Crippen molar-refractivity contribution >= 4 is 16.6 Å². The number of ketones is 1. The highest BCUT2D eigenvalue weighted by atomic mass is 16.1. The number of fused-ring (bicyclic) bond motifs is 2. The number of pyridine rings is 1. The number of carbonyl (C=O) groups is 1. The van der Waals surface area contributed by atoms with Gasteiger partial charge in [0, 0.05) is 23.4 Å². The molecule has 0 fully saturated rings. The molecule has 1 aromatic heterocycles. The highest BCUT2D eigenvalue weighted by Gasteiger charge is 2.33. The summed E-state index contributed by atoms with van der Waals surface area (Å²) in [6, 6.07) is 18.2. The van der Waals surface area contributed by atoms with Crippen molar-refractivity contribution in [3.8, 4) is 0 Å². The smallest absolute Gasteiger partial charge is 0.230 e. The maximum Gasteiger partial charge on any atom is 0.230 e. The van der Waals surface area contributed by atoms with Crippen LogP contribution in [0.5, 0.6) is 0 Å². The molecule has 21 heavy (non-hydrogen) atoms. The predicted octanol–water partition coefficient (Wildman–Crippen LogP) is 3.50. The van der Waals surface area contributed by atoms with E-state index in [0.717, 1.165) is 18.4 Å². The average molecular weight is 274 g/mol. The average Bonchev–Trinajstić information content (AvgIpc) is 2.55. The lowest BCUT2D eigenvalue weighted by atomic mass is 9.87. The summed E-state index contributed by atoms with van der Waals surface area (Å²) in [5.74, 6) is 0.233. The van der Waals surface area contributed by atoms with E-state index in [1.165, 1.54) is 16.3 Å². The lowest BCUT2D eigenvalue weighted by Crippen LogP contribution is -2.45. The maximum absolute atomic E-state index is 12.7. The fourth-order valence-corrected chi connectivity index (χ4v) is 3.21. The quantitative estimate of drug-likeness (QED) is 0.622. The van der Waals surface area contributed by atoms with Crippen LogP contribution >= 0.6 is 0 Å². The lowest BCUT2D eigenvalue weighted by Gasteiger charge is -2.19. The van der Waals surface area contributed by atoms with E-state index in [1.54, 1.807) is 0 Å². The van der Waals surface area contributed by atoms with E-state index in [1.807, 2.05) is 36.5 Å². The Kier molecular flexibility index (Phi) is 2.81. The largest absolute Gasteiger partial charge is 0.287 e. The van der Waals surface area contributed by atoms with E-state index in [9.17, 15) is 4.79 Å². The van der Waals surface area contributed by atoms with Crippen molar-refractivity contribution in [1.29, 1.82) is 0 Å². The van der Waals surface area contributed by atoms with E-state index in [0.29, 0.717) is 0 Å². The molecular weight excluding hydrogens is 258 g/mol. The molecule has 0 aliphatic heterocycles. The molecule has 102 valence electrons. The van der Waals surface area contributed by atoms with E-state index < -0.39 is 0 Å². The second-order valence-corrected chi connectivity index (χ2v) is 5.60. The molecular formula is C19H16NO+. The van der Waals surface area contributed by atoms with Gasteiger partial charge in [0.25, 0.3) is 0 Å². The van der Waals surface area contributed by atoms with Crippen LogP contribution in [-0.4, -0.2) is 5.78 Å². The zero-order valence-corrected chi connectivity index (χ0v) is 11.7. The Morgan fingerprint density at radius 3 is 2.57 bits per heavy atom. The number of Topliss-reactive ketones (excluding diaryl/α,β-unsaturated/α-hetero) is 1. The van der Waals surface area contributed by atoms with Gasteiger partial charge in [-0.25, -0.2) is 0 Å². The lowest BCUT2D eigenvalue weighted by molar-refractivity contribution is -0.707. The number of nitrogens with zero attached hydrogens (tertiary/aromatic N) is 1. The summed E-state index contributed by atoms with van der Waals surface area (Å²) in [6.07, 6.45) is 5.95. The molecule has 1 heterocycles. The van der Waals surface area contributed by atoms with Crippen molar-refractivity contribution in [3.05, 3.63) is 78.1 Å². The summed E-state index contributed by atoms with van der Waals surface area (Å²) < 4.78 is 2.07. The molecule has 0 unspecified atom stereocenters. The van der Waals surface area contributed by atoms with E-state index in [4.69, 9.17) is 0 Å². The van der Waals surface area contributed by atoms with Gasteiger partial charge in [0.05, 0.1) is 0 Å². The van der Waals surface area contributed by atoms with Gasteiger partial charge >= 0.3 is 0 Å². The predicted molar refractivity (Wildman–Crippen MR) is 82.3 cm³/mol. The molecule has 0 N–H and O–H groups in total. The van der Waals surface area contributed by atoms with Crippen LogP contribution in [-0.2, 0) is 6.42 Å². The third-order valence-corrected chi connectivity index (χ3v) is 4.34. The first-order chi connectivity index (χ1) is 10.3. The minimum atomic E-state index is -0.0792. The molecule has 0 bridgehead atoms. The van der Waals surface area contributed by atoms with Crippen molar-refractivity contribution in [3.63, 3.8) is 0 Å². The minimum absolute atomic E-state index is 0.0792. The summed E-state index contributed by atoms with van der Waals surface area (Å²) in [5.41, 5.74) is 2.06. The summed E-state index contributed by atoms with van der Waals surface area (Å²) in [5, 5.41) is 2.38. The molecule has 0 spiro atoms. The van der Waals surface area contributed by atoms with Crippen molar-refractivity contribution in [2.24, 2.45) is 0 Å². The Hall–Kier alpha value is -2.48. The fraction of sp³-hybridized carbons (Fsp3) is 0.158. The number of rotatable bonds is 1. The SMILES string of the molecule is O=C1c2ccccc2CC[C@@H]1[n+]1ccc2ccccc2c1. The Morgan fingerprint density at radius 2 is 1.67 bits per heavy atom. The Balaban J connectivity index is 1.78. The highest BCUT2D eigenvalue weighted by molar-refractivity contribution is 6.00. The standard InChI is InChI=1S/C19H16NO/c21-19-17-8-4-3-6-15(17)9-10-18(19)20-12-11-14-5-1-2-7-16(14)13-20/h1-8,11-13,18H,9-10H2/q+1/t18-/m0/s1. The second-order valence-electron chi connectivity index (χ2n) is 5.60. The molecule has 2 nitrogen and oxygen atoms in total. The van der Waals surface area contributed by atoms with Gasteiger partial charge in [-0.15, -0.1) is 0 Å². The van der Waals surface area contributed by atoms with Crippen LogP contribution in [0.15, 0.2) is 67.0 Å². The number of hydrogen-bond donors (Lipinski definition) is 0. The first kappa shape index (κ1) is 12.3. The summed E-state index contributed by atoms with van der Waals surface area (Å²) in [4.78, 5) is 12.7. The number of carbonyl (C=O) groups excluding carboxylic acids is 1. The van der Waals surface area contributed by atoms with Gasteiger partial charge in [-0.3, -0.25) is 4.79 Å². The second kappa shape index (κ2) is 4.81. The summed E-state index contributed by atoms with van der Waals surface area (Å²) in [7, 11) is 0. The van der Waals surface area contributed by atoms with Gasteiger partial charge in [0.15, 0.2) is 12.4 Å². The molecule has 4 rings (SSSR count). The first-order valence-electron chi connectivity index (χ1n) is 7.34. The molecule has 1 aliphatic rings. The van der Waals surface area contributed by atoms with Gasteiger partial charge in [-0.2, -0.15) is 4.57 Å². The Labute approximate surface area is 123 Å². The Morgan fingerprint density at radius 1 is 0.905 bits per heavy atom. The molecule has 1 aliphatic carbocycles. The summed E-state index contributed by atoms with van der Waals surface area (Å²) >= 11 is 0. The number of benzene rings is 2. The molecule has 2 aromatic carbocycles. The van der Waals surface area contributed by atoms with Gasteiger partial charge < -0.3 is 0 Å². The first-order valence-corrected chi connectivity index (χ1v) is 7.34. The third kappa shape index (κ3) is 2.04. The molecule has 0 saturated carbocycles. The maximum atomic E-state index is 12.7. The fourth-order valence-electron chi connectivity index (χ4n) is 3.21. The van der Waals surface area contributed by atoms with Crippen molar-refractivity contribution in [2.75, 3.05) is 0 Å². The van der Waals surface area contributed by atoms with Crippen molar-refractivity contribution in [1.82, 2.24) is 0 Å². The van der Waals surface area contributed by atoms with Gasteiger partial charge in [-0.1, -0.05) is 42.5 Å². The van der Waals surface area contributed by atoms with Crippen LogP contribution < -0.4 is 4.57 Å². The van der Waals surface area contributed by atoms with Crippen molar-refractivity contribution in [2.45, 2.75) is 18.9 Å². The highest BCUT2D eigenvalue weighted by Crippen LogP contribution is 2.25. The topological polar surface area (TPSA) is 20.9 Å².